The number of hydrogen-bond donors (Lipinski definition) is 0. The van der Waals surface area contributed by atoms with Crippen LogP contribution < -0.4 is 0 Å². The Bertz CT molecular complexity index is 889. The number of hydrogen-bond acceptors (Lipinski definition) is 3. The Hall–Kier alpha value is -3.12. The van der Waals surface area contributed by atoms with Gasteiger partial charge in [-0.3, -0.25) is 0 Å². The minimum Gasteiger partial charge on any atom is -0.465 e. The van der Waals surface area contributed by atoms with Crippen molar-refractivity contribution in [1.82, 2.24) is 4.98 Å². The Morgan fingerprint density at radius 2 is 1.73 bits per heavy atom. The van der Waals surface area contributed by atoms with Crippen molar-refractivity contribution in [3.05, 3.63) is 77.5 Å². The summed E-state index contributed by atoms with van der Waals surface area (Å²) >= 11 is 0. The minimum absolute atomic E-state index is 0.379. The fourth-order valence-electron chi connectivity index (χ4n) is 2.13. The normalized spacial score (nSPS) is 9.86. The third kappa shape index (κ3) is 2.82. The molecule has 0 N–H and O–H groups in total. The quantitative estimate of drug-likeness (QED) is 0.508. The first kappa shape index (κ1) is 13.8. The van der Waals surface area contributed by atoms with E-state index in [0.29, 0.717) is 11.3 Å². The second-order valence-corrected chi connectivity index (χ2v) is 4.68. The van der Waals surface area contributed by atoms with E-state index >= 15 is 0 Å². The predicted octanol–water partition coefficient (Wildman–Crippen LogP) is 3.42. The van der Waals surface area contributed by atoms with Crippen molar-refractivity contribution in [3.63, 3.8) is 0 Å². The zero-order valence-corrected chi connectivity index (χ0v) is 12.0. The van der Waals surface area contributed by atoms with Gasteiger partial charge in [0.05, 0.1) is 18.2 Å². The van der Waals surface area contributed by atoms with Gasteiger partial charge in [0.25, 0.3) is 0 Å². The number of ether oxygens (including phenoxy) is 1. The highest BCUT2D eigenvalue weighted by atomic mass is 16.5. The van der Waals surface area contributed by atoms with Gasteiger partial charge in [-0.05, 0) is 30.2 Å². The van der Waals surface area contributed by atoms with Crippen molar-refractivity contribution in [1.29, 1.82) is 0 Å². The number of carbonyl (C=O) groups excluding carboxylic acids is 1. The van der Waals surface area contributed by atoms with E-state index in [2.05, 4.69) is 16.8 Å². The predicted molar refractivity (Wildman–Crippen MR) is 85.5 cm³/mol. The molecular formula is C19H13NO2. The molecule has 0 aliphatic heterocycles. The van der Waals surface area contributed by atoms with E-state index in [4.69, 9.17) is 4.74 Å². The molecule has 3 nitrogen and oxygen atoms in total. The maximum Gasteiger partial charge on any atom is 0.340 e. The van der Waals surface area contributed by atoms with Crippen LogP contribution in [-0.2, 0) is 4.74 Å². The molecule has 2 aromatic carbocycles. The third-order valence-electron chi connectivity index (χ3n) is 3.23. The van der Waals surface area contributed by atoms with Crippen LogP contribution in [0, 0.1) is 11.8 Å². The lowest BCUT2D eigenvalue weighted by molar-refractivity contribution is 0.0600. The highest BCUT2D eigenvalue weighted by molar-refractivity contribution is 5.96. The molecule has 22 heavy (non-hydrogen) atoms. The summed E-state index contributed by atoms with van der Waals surface area (Å²) in [6.45, 7) is 0. The lowest BCUT2D eigenvalue weighted by Crippen LogP contribution is -2.06. The zero-order chi connectivity index (χ0) is 15.4. The summed E-state index contributed by atoms with van der Waals surface area (Å²) in [4.78, 5) is 16.4. The van der Waals surface area contributed by atoms with Crippen molar-refractivity contribution in [2.24, 2.45) is 0 Å². The van der Waals surface area contributed by atoms with Gasteiger partial charge in [0, 0.05) is 10.9 Å². The molecule has 1 aromatic heterocycles. The highest BCUT2D eigenvalue weighted by Gasteiger charge is 2.13. The van der Waals surface area contributed by atoms with Crippen molar-refractivity contribution in [2.45, 2.75) is 0 Å². The van der Waals surface area contributed by atoms with E-state index in [9.17, 15) is 4.79 Å². The lowest BCUT2D eigenvalue weighted by atomic mass is 10.1. The number of rotatable bonds is 1. The maximum atomic E-state index is 12.0. The van der Waals surface area contributed by atoms with E-state index < -0.39 is 5.97 Å². The standard InChI is InChI=1S/C19H13NO2/c1-22-19(21)16-13-15-9-5-6-10-17(15)20-18(16)12-11-14-7-3-2-4-8-14/h2-10,13H,1H3. The fraction of sp³-hybridized carbons (Fsp3) is 0.0526. The molecule has 0 fully saturated rings. The van der Waals surface area contributed by atoms with Crippen LogP contribution in [0.4, 0.5) is 0 Å². The molecule has 0 unspecified atom stereocenters. The molecule has 0 aliphatic rings. The summed E-state index contributed by atoms with van der Waals surface area (Å²) < 4.78 is 4.83. The fourth-order valence-corrected chi connectivity index (χ4v) is 2.13. The number of fused-ring (bicyclic) bond motifs is 1. The van der Waals surface area contributed by atoms with Crippen molar-refractivity contribution in [3.8, 4) is 11.8 Å². The highest BCUT2D eigenvalue weighted by Crippen LogP contribution is 2.17. The topological polar surface area (TPSA) is 39.2 Å². The van der Waals surface area contributed by atoms with Crippen LogP contribution in [0.1, 0.15) is 21.6 Å². The summed E-state index contributed by atoms with van der Waals surface area (Å²) in [5, 5.41) is 0.883. The van der Waals surface area contributed by atoms with Crippen LogP contribution in [0.5, 0.6) is 0 Å². The zero-order valence-electron chi connectivity index (χ0n) is 12.0. The van der Waals surface area contributed by atoms with Crippen LogP contribution in [-0.4, -0.2) is 18.1 Å². The third-order valence-corrected chi connectivity index (χ3v) is 3.23. The van der Waals surface area contributed by atoms with Crippen molar-refractivity contribution in [2.75, 3.05) is 7.11 Å². The molecule has 0 aliphatic carbocycles. The van der Waals surface area contributed by atoms with Crippen molar-refractivity contribution >= 4 is 16.9 Å². The SMILES string of the molecule is COC(=O)c1cc2ccccc2nc1C#Cc1ccccc1. The molecule has 3 rings (SSSR count). The van der Waals surface area contributed by atoms with Gasteiger partial charge in [-0.25, -0.2) is 9.78 Å². The first-order chi connectivity index (χ1) is 10.8. The lowest BCUT2D eigenvalue weighted by Gasteiger charge is -2.04. The maximum absolute atomic E-state index is 12.0. The van der Waals surface area contributed by atoms with Gasteiger partial charge in [0.15, 0.2) is 0 Å². The molecule has 0 spiro atoms. The molecule has 0 radical (unpaired) electrons. The number of carbonyl (C=O) groups is 1. The number of methoxy groups -OCH3 is 1. The van der Waals surface area contributed by atoms with Gasteiger partial charge in [-0.15, -0.1) is 0 Å². The molecule has 0 amide bonds. The van der Waals surface area contributed by atoms with Crippen LogP contribution in [0.3, 0.4) is 0 Å². The molecule has 1 heterocycles. The number of benzene rings is 2. The Morgan fingerprint density at radius 3 is 2.50 bits per heavy atom. The Kier molecular flexibility index (Phi) is 3.84. The summed E-state index contributed by atoms with van der Waals surface area (Å²) in [5.41, 5.74) is 2.47. The van der Waals surface area contributed by atoms with Crippen LogP contribution in [0.25, 0.3) is 10.9 Å². The van der Waals surface area contributed by atoms with Crippen LogP contribution in [0.2, 0.25) is 0 Å². The largest absolute Gasteiger partial charge is 0.465 e. The summed E-state index contributed by atoms with van der Waals surface area (Å²) in [7, 11) is 1.35. The molecule has 3 aromatic rings. The average Bonchev–Trinajstić information content (AvgIpc) is 2.59. The summed E-state index contributed by atoms with van der Waals surface area (Å²) in [6.07, 6.45) is 0. The van der Waals surface area contributed by atoms with E-state index in [-0.39, 0.29) is 0 Å². The Morgan fingerprint density at radius 1 is 1.00 bits per heavy atom. The number of nitrogens with zero attached hydrogens (tertiary/aromatic N) is 1. The Labute approximate surface area is 128 Å². The average molecular weight is 287 g/mol. The van der Waals surface area contributed by atoms with Crippen LogP contribution in [0.15, 0.2) is 60.7 Å². The smallest absolute Gasteiger partial charge is 0.340 e. The number of esters is 1. The molecule has 0 atom stereocenters. The minimum atomic E-state index is -0.435. The van der Waals surface area contributed by atoms with Gasteiger partial charge in [-0.2, -0.15) is 0 Å². The van der Waals surface area contributed by atoms with E-state index in [1.165, 1.54) is 7.11 Å². The molecule has 0 saturated heterocycles. The van der Waals surface area contributed by atoms with Gasteiger partial charge < -0.3 is 4.74 Å². The van der Waals surface area contributed by atoms with E-state index in [0.717, 1.165) is 16.5 Å². The number of aromatic nitrogens is 1. The molecule has 0 saturated carbocycles. The summed E-state index contributed by atoms with van der Waals surface area (Å²) in [6, 6.07) is 19.0. The molecule has 3 heteroatoms. The van der Waals surface area contributed by atoms with Gasteiger partial charge >= 0.3 is 5.97 Å². The van der Waals surface area contributed by atoms with E-state index in [1.807, 2.05) is 54.6 Å². The monoisotopic (exact) mass is 287 g/mol. The number of pyridine rings is 1. The molecule has 0 bridgehead atoms. The number of para-hydroxylation sites is 1. The van der Waals surface area contributed by atoms with Crippen LogP contribution >= 0.6 is 0 Å². The first-order valence-corrected chi connectivity index (χ1v) is 6.83. The van der Waals surface area contributed by atoms with Gasteiger partial charge in [-0.1, -0.05) is 42.3 Å². The molecule has 106 valence electrons. The Balaban J connectivity index is 2.14. The first-order valence-electron chi connectivity index (χ1n) is 6.83. The van der Waals surface area contributed by atoms with Gasteiger partial charge in [0.2, 0.25) is 0 Å². The second-order valence-electron chi connectivity index (χ2n) is 4.68. The summed E-state index contributed by atoms with van der Waals surface area (Å²) in [5.74, 6) is 5.57. The van der Waals surface area contributed by atoms with E-state index in [1.54, 1.807) is 6.07 Å². The molecular weight excluding hydrogens is 274 g/mol. The second kappa shape index (κ2) is 6.11. The van der Waals surface area contributed by atoms with Crippen molar-refractivity contribution < 1.29 is 9.53 Å². The van der Waals surface area contributed by atoms with Gasteiger partial charge in [0.1, 0.15) is 5.69 Å².